The molecule has 1 aromatic carbocycles. The van der Waals surface area contributed by atoms with E-state index in [0.29, 0.717) is 0 Å². The van der Waals surface area contributed by atoms with Crippen molar-refractivity contribution in [2.45, 2.75) is 0 Å². The van der Waals surface area contributed by atoms with E-state index in [0.717, 1.165) is 24.6 Å². The fraction of sp³-hybridized carbons (Fsp3) is 0.400. The first-order valence-electron chi connectivity index (χ1n) is 5.03. The molecule has 3 nitrogen and oxygen atoms in total. The molecule has 1 aromatic rings. The summed E-state index contributed by atoms with van der Waals surface area (Å²) in [5, 5.41) is 0. The Balaban J connectivity index is 2.00. The molecule has 81 valence electrons. The molecule has 5 heteroatoms. The topological polar surface area (TPSA) is 37.4 Å². The Hall–Kier alpha value is -0.316. The Bertz CT molecular complexity index is 378. The summed E-state index contributed by atoms with van der Waals surface area (Å²) in [6.07, 6.45) is 0. The molecule has 0 amide bonds. The van der Waals surface area contributed by atoms with E-state index >= 15 is 0 Å². The Kier molecular flexibility index (Phi) is 3.83. The fourth-order valence-corrected chi connectivity index (χ4v) is 5.99. The van der Waals surface area contributed by atoms with E-state index in [1.54, 1.807) is 0 Å². The average Bonchev–Trinajstić information content (AvgIpc) is 2.30. The molecule has 0 aromatic heterocycles. The monoisotopic (exact) mass is 260 g/mol. The van der Waals surface area contributed by atoms with Crippen LogP contribution in [0, 0.1) is 0 Å². The van der Waals surface area contributed by atoms with Crippen LogP contribution in [0.1, 0.15) is 0 Å². The van der Waals surface area contributed by atoms with Crippen LogP contribution in [-0.4, -0.2) is 24.6 Å². The van der Waals surface area contributed by atoms with Crippen molar-refractivity contribution >= 4 is 14.2 Å². The average molecular weight is 260 g/mol. The van der Waals surface area contributed by atoms with Crippen LogP contribution in [0.2, 0.25) is 0 Å². The van der Waals surface area contributed by atoms with Crippen LogP contribution in [-0.2, 0) is 23.2 Å². The van der Waals surface area contributed by atoms with Crippen LogP contribution in [0.5, 0.6) is 0 Å². The maximum atomic E-state index is 10.9. The molecule has 1 saturated heterocycles. The number of hydrogen-bond acceptors (Lipinski definition) is 3. The fourth-order valence-electron chi connectivity index (χ4n) is 1.79. The van der Waals surface area contributed by atoms with E-state index < -0.39 is 25.0 Å². The summed E-state index contributed by atoms with van der Waals surface area (Å²) >= 11 is -3.08. The Morgan fingerprint density at radius 3 is 2.20 bits per heavy atom. The third-order valence-corrected chi connectivity index (χ3v) is 9.17. The number of thiol groups is 1. The summed E-state index contributed by atoms with van der Waals surface area (Å²) in [5.41, 5.74) is 1.21. The summed E-state index contributed by atoms with van der Waals surface area (Å²) in [6, 6.07) is 10.2. The van der Waals surface area contributed by atoms with Gasteiger partial charge in [-0.05, 0) is 0 Å². The molecule has 1 aliphatic heterocycles. The zero-order valence-corrected chi connectivity index (χ0v) is 10.9. The summed E-state index contributed by atoms with van der Waals surface area (Å²) in [7, 11) is -0.634. The third-order valence-electron chi connectivity index (χ3n) is 2.66. The van der Waals surface area contributed by atoms with Gasteiger partial charge in [-0.1, -0.05) is 0 Å². The molecule has 0 N–H and O–H groups in total. The normalized spacial score (nSPS) is 18.9. The van der Waals surface area contributed by atoms with Gasteiger partial charge in [-0.15, -0.1) is 0 Å². The Morgan fingerprint density at radius 2 is 1.67 bits per heavy atom. The molecule has 1 heterocycles. The van der Waals surface area contributed by atoms with Gasteiger partial charge in [-0.2, -0.15) is 0 Å². The Labute approximate surface area is 96.9 Å². The summed E-state index contributed by atoms with van der Waals surface area (Å²) in [6.45, 7) is 1.80. The first kappa shape index (κ1) is 11.2. The number of para-hydroxylation sites is 1. The zero-order chi connectivity index (χ0) is 10.7. The van der Waals surface area contributed by atoms with Gasteiger partial charge in [0, 0.05) is 0 Å². The predicted octanol–water partition coefficient (Wildman–Crippen LogP) is 1.73. The van der Waals surface area contributed by atoms with Crippen LogP contribution in [0.25, 0.3) is 0 Å². The van der Waals surface area contributed by atoms with E-state index in [9.17, 15) is 6.65 Å². The van der Waals surface area contributed by atoms with Gasteiger partial charge >= 0.3 is 97.2 Å². The van der Waals surface area contributed by atoms with Crippen LogP contribution in [0.3, 0.4) is 0 Å². The van der Waals surface area contributed by atoms with E-state index in [-0.39, 0.29) is 0 Å². The molecular formula is C10H14NO2STi. The summed E-state index contributed by atoms with van der Waals surface area (Å²) in [4.78, 5) is 2.28. The van der Waals surface area contributed by atoms with E-state index in [1.165, 1.54) is 5.69 Å². The molecule has 0 spiro atoms. The minimum atomic E-state index is -3.08. The van der Waals surface area contributed by atoms with Gasteiger partial charge in [0.15, 0.2) is 0 Å². The molecule has 0 aliphatic carbocycles. The van der Waals surface area contributed by atoms with Crippen LogP contribution in [0.4, 0.5) is 5.69 Å². The molecule has 15 heavy (non-hydrogen) atoms. The SMILES string of the molecule is [O]=[Ti](=[O])[SH]1CCN(c2ccccc2)CC1. The minimum absolute atomic E-state index is 0.634. The van der Waals surface area contributed by atoms with Crippen LogP contribution < -0.4 is 4.90 Å². The molecular weight excluding hydrogens is 246 g/mol. The third kappa shape index (κ3) is 2.83. The summed E-state index contributed by atoms with van der Waals surface area (Å²) < 4.78 is 21.9. The van der Waals surface area contributed by atoms with Crippen molar-refractivity contribution in [1.29, 1.82) is 0 Å². The molecule has 0 radical (unpaired) electrons. The van der Waals surface area contributed by atoms with Crippen molar-refractivity contribution in [3.05, 3.63) is 30.3 Å². The van der Waals surface area contributed by atoms with Crippen molar-refractivity contribution in [3.8, 4) is 0 Å². The number of hydrogen-bond donors (Lipinski definition) is 1. The van der Waals surface area contributed by atoms with E-state index in [1.807, 2.05) is 18.2 Å². The predicted molar refractivity (Wildman–Crippen MR) is 58.7 cm³/mol. The summed E-state index contributed by atoms with van der Waals surface area (Å²) in [5.74, 6) is 1.74. The molecule has 0 bridgehead atoms. The maximum absolute atomic E-state index is 10.9. The number of rotatable bonds is 2. The van der Waals surface area contributed by atoms with Gasteiger partial charge in [0.1, 0.15) is 0 Å². The van der Waals surface area contributed by atoms with Crippen molar-refractivity contribution in [1.82, 2.24) is 0 Å². The van der Waals surface area contributed by atoms with Gasteiger partial charge < -0.3 is 0 Å². The molecule has 2 rings (SSSR count). The molecule has 0 atom stereocenters. The second kappa shape index (κ2) is 5.15. The number of nitrogens with zero attached hydrogens (tertiary/aromatic N) is 1. The molecule has 1 fully saturated rings. The number of benzene rings is 1. The second-order valence-electron chi connectivity index (χ2n) is 3.58. The van der Waals surface area contributed by atoms with Crippen LogP contribution >= 0.6 is 8.48 Å². The van der Waals surface area contributed by atoms with Crippen LogP contribution in [0.15, 0.2) is 30.3 Å². The zero-order valence-electron chi connectivity index (χ0n) is 8.43. The quantitative estimate of drug-likeness (QED) is 0.650. The Morgan fingerprint density at radius 1 is 1.07 bits per heavy atom. The van der Waals surface area contributed by atoms with Gasteiger partial charge in [0.25, 0.3) is 0 Å². The molecule has 0 unspecified atom stereocenters. The van der Waals surface area contributed by atoms with Gasteiger partial charge in [-0.25, -0.2) is 0 Å². The van der Waals surface area contributed by atoms with Crippen molar-refractivity contribution in [2.75, 3.05) is 29.5 Å². The van der Waals surface area contributed by atoms with Gasteiger partial charge in [-0.3, -0.25) is 0 Å². The van der Waals surface area contributed by atoms with Crippen molar-refractivity contribution in [3.63, 3.8) is 0 Å². The molecule has 1 aliphatic rings. The van der Waals surface area contributed by atoms with E-state index in [2.05, 4.69) is 17.0 Å². The number of anilines is 1. The standard InChI is InChI=1S/C10H13NS.2O.Ti/c1-2-4-10(5-3-1)11-6-8-12-9-7-11;;;/h1-5H,6-9H2;;;/q;;;-1/p+1. The van der Waals surface area contributed by atoms with Gasteiger partial charge in [0.05, 0.1) is 0 Å². The first-order valence-corrected chi connectivity index (χ1v) is 10.1. The molecule has 0 saturated carbocycles. The van der Waals surface area contributed by atoms with Crippen molar-refractivity contribution in [2.24, 2.45) is 0 Å². The van der Waals surface area contributed by atoms with Gasteiger partial charge in [0.2, 0.25) is 0 Å². The second-order valence-corrected chi connectivity index (χ2v) is 10.8. The first-order chi connectivity index (χ1) is 7.27. The van der Waals surface area contributed by atoms with Crippen molar-refractivity contribution < 1.29 is 23.2 Å². The van der Waals surface area contributed by atoms with E-state index in [4.69, 9.17) is 0 Å².